The van der Waals surface area contributed by atoms with Crippen LogP contribution in [0.15, 0.2) is 29.3 Å². The first-order chi connectivity index (χ1) is 13.8. The highest BCUT2D eigenvalue weighted by Gasteiger charge is 2.20. The fraction of sp³-hybridized carbons (Fsp3) is 0.476. The summed E-state index contributed by atoms with van der Waals surface area (Å²) in [7, 11) is 5.87. The summed E-state index contributed by atoms with van der Waals surface area (Å²) in [6.45, 7) is 7.53. The van der Waals surface area contributed by atoms with E-state index in [1.807, 2.05) is 19.9 Å². The molecule has 0 saturated heterocycles. The van der Waals surface area contributed by atoms with Crippen LogP contribution in [0, 0.1) is 6.92 Å². The van der Waals surface area contributed by atoms with Gasteiger partial charge in [0.15, 0.2) is 5.96 Å². The summed E-state index contributed by atoms with van der Waals surface area (Å²) in [6.07, 6.45) is 0. The Kier molecular flexibility index (Phi) is 8.60. The van der Waals surface area contributed by atoms with Gasteiger partial charge >= 0.3 is 5.97 Å². The Labute approximate surface area is 177 Å². The minimum absolute atomic E-state index is 0.0925. The molecule has 1 heterocycles. The van der Waals surface area contributed by atoms with Crippen molar-refractivity contribution in [1.82, 2.24) is 20.5 Å². The molecule has 8 heteroatoms. The Morgan fingerprint density at radius 3 is 2.62 bits per heavy atom. The standard InChI is InChI=1S/C21H31N5O2S/c1-7-28-20(27)18-14(2)24-19(29-18)15(3)25-21(22-4)23-12-16-10-8-9-11-17(16)13-26(5)6/h8-11,15H,7,12-13H2,1-6H3,(H2,22,23,25). The summed E-state index contributed by atoms with van der Waals surface area (Å²) >= 11 is 1.36. The van der Waals surface area contributed by atoms with Crippen molar-refractivity contribution in [1.29, 1.82) is 0 Å². The second-order valence-electron chi connectivity index (χ2n) is 6.99. The van der Waals surface area contributed by atoms with Crippen LogP contribution in [-0.2, 0) is 17.8 Å². The second-order valence-corrected chi connectivity index (χ2v) is 8.02. The van der Waals surface area contributed by atoms with E-state index in [2.05, 4.69) is 57.8 Å². The molecule has 0 aliphatic rings. The van der Waals surface area contributed by atoms with Gasteiger partial charge in [0.2, 0.25) is 0 Å². The monoisotopic (exact) mass is 417 g/mol. The van der Waals surface area contributed by atoms with Crippen LogP contribution in [0.4, 0.5) is 0 Å². The van der Waals surface area contributed by atoms with Crippen LogP contribution in [0.3, 0.4) is 0 Å². The zero-order chi connectivity index (χ0) is 21.4. The van der Waals surface area contributed by atoms with Gasteiger partial charge in [0.25, 0.3) is 0 Å². The Balaban J connectivity index is 2.02. The van der Waals surface area contributed by atoms with Gasteiger partial charge in [-0.05, 0) is 46.0 Å². The van der Waals surface area contributed by atoms with Crippen molar-refractivity contribution in [2.24, 2.45) is 4.99 Å². The van der Waals surface area contributed by atoms with Crippen molar-refractivity contribution < 1.29 is 9.53 Å². The average Bonchev–Trinajstić information content (AvgIpc) is 3.07. The van der Waals surface area contributed by atoms with E-state index >= 15 is 0 Å². The summed E-state index contributed by atoms with van der Waals surface area (Å²) < 4.78 is 5.10. The number of benzene rings is 1. The van der Waals surface area contributed by atoms with Crippen molar-refractivity contribution in [3.63, 3.8) is 0 Å². The molecule has 0 aliphatic heterocycles. The summed E-state index contributed by atoms with van der Waals surface area (Å²) in [5, 5.41) is 7.54. The van der Waals surface area contributed by atoms with Gasteiger partial charge in [-0.25, -0.2) is 9.78 Å². The van der Waals surface area contributed by atoms with E-state index in [4.69, 9.17) is 4.74 Å². The zero-order valence-corrected chi connectivity index (χ0v) is 18.9. The number of nitrogens with zero attached hydrogens (tertiary/aromatic N) is 3. The van der Waals surface area contributed by atoms with E-state index in [9.17, 15) is 4.79 Å². The van der Waals surface area contributed by atoms with Gasteiger partial charge in [-0.2, -0.15) is 0 Å². The van der Waals surface area contributed by atoms with Gasteiger partial charge in [0, 0.05) is 20.1 Å². The van der Waals surface area contributed by atoms with Gasteiger partial charge in [-0.1, -0.05) is 24.3 Å². The lowest BCUT2D eigenvalue weighted by Crippen LogP contribution is -2.38. The quantitative estimate of drug-likeness (QED) is 0.390. The van der Waals surface area contributed by atoms with E-state index in [0.717, 1.165) is 11.6 Å². The molecule has 0 radical (unpaired) electrons. The number of esters is 1. The molecule has 1 atom stereocenters. The number of rotatable bonds is 8. The maximum absolute atomic E-state index is 12.0. The molecule has 158 valence electrons. The van der Waals surface area contributed by atoms with Crippen molar-refractivity contribution in [2.45, 2.75) is 39.9 Å². The van der Waals surface area contributed by atoms with Gasteiger partial charge in [-0.15, -0.1) is 11.3 Å². The van der Waals surface area contributed by atoms with Gasteiger partial charge in [0.1, 0.15) is 9.88 Å². The highest BCUT2D eigenvalue weighted by molar-refractivity contribution is 7.13. The second kappa shape index (κ2) is 10.9. The van der Waals surface area contributed by atoms with Gasteiger partial charge < -0.3 is 20.3 Å². The molecule has 0 saturated carbocycles. The third-order valence-corrected chi connectivity index (χ3v) is 5.59. The smallest absolute Gasteiger partial charge is 0.350 e. The molecule has 7 nitrogen and oxygen atoms in total. The van der Waals surface area contributed by atoms with Crippen LogP contribution in [-0.4, -0.2) is 49.6 Å². The SMILES string of the molecule is CCOC(=O)c1sc(C(C)NC(=NC)NCc2ccccc2CN(C)C)nc1C. The third-order valence-electron chi connectivity index (χ3n) is 4.27. The highest BCUT2D eigenvalue weighted by Crippen LogP contribution is 2.24. The summed E-state index contributed by atoms with van der Waals surface area (Å²) in [5.41, 5.74) is 3.20. The lowest BCUT2D eigenvalue weighted by molar-refractivity contribution is 0.0531. The first kappa shape index (κ1) is 22.8. The number of carbonyl (C=O) groups excluding carboxylic acids is 1. The number of hydrogen-bond donors (Lipinski definition) is 2. The maximum Gasteiger partial charge on any atom is 0.350 e. The Morgan fingerprint density at radius 1 is 1.31 bits per heavy atom. The predicted molar refractivity (Wildman–Crippen MR) is 118 cm³/mol. The Morgan fingerprint density at radius 2 is 2.00 bits per heavy atom. The van der Waals surface area contributed by atoms with Crippen LogP contribution in [0.1, 0.15) is 51.4 Å². The van der Waals surface area contributed by atoms with Crippen molar-refractivity contribution in [2.75, 3.05) is 27.7 Å². The van der Waals surface area contributed by atoms with E-state index in [-0.39, 0.29) is 12.0 Å². The lowest BCUT2D eigenvalue weighted by atomic mass is 10.1. The minimum Gasteiger partial charge on any atom is -0.462 e. The fourth-order valence-corrected chi connectivity index (χ4v) is 3.82. The molecular formula is C21H31N5O2S. The molecule has 0 amide bonds. The highest BCUT2D eigenvalue weighted by atomic mass is 32.1. The Bertz CT molecular complexity index is 847. The number of aliphatic imine (C=N–C) groups is 1. The first-order valence-corrected chi connectivity index (χ1v) is 10.5. The molecule has 2 N–H and O–H groups in total. The van der Waals surface area contributed by atoms with Gasteiger partial charge in [0.05, 0.1) is 18.3 Å². The van der Waals surface area contributed by atoms with Crippen molar-refractivity contribution in [3.05, 3.63) is 51.0 Å². The minimum atomic E-state index is -0.319. The van der Waals surface area contributed by atoms with E-state index in [0.29, 0.717) is 29.7 Å². The molecule has 1 aromatic heterocycles. The molecule has 29 heavy (non-hydrogen) atoms. The number of hydrogen-bond acceptors (Lipinski definition) is 6. The van der Waals surface area contributed by atoms with E-state index < -0.39 is 0 Å². The van der Waals surface area contributed by atoms with Crippen molar-refractivity contribution in [3.8, 4) is 0 Å². The molecule has 0 aliphatic carbocycles. The molecule has 0 spiro atoms. The van der Waals surface area contributed by atoms with Crippen LogP contribution >= 0.6 is 11.3 Å². The van der Waals surface area contributed by atoms with Crippen LogP contribution < -0.4 is 10.6 Å². The number of nitrogens with one attached hydrogen (secondary N) is 2. The lowest BCUT2D eigenvalue weighted by Gasteiger charge is -2.18. The van der Waals surface area contributed by atoms with Crippen LogP contribution in [0.2, 0.25) is 0 Å². The number of aryl methyl sites for hydroxylation is 1. The molecule has 2 rings (SSSR count). The molecular weight excluding hydrogens is 386 g/mol. The predicted octanol–water partition coefficient (Wildman–Crippen LogP) is 3.12. The molecule has 2 aromatic rings. The number of carbonyl (C=O) groups is 1. The number of thiazole rings is 1. The molecule has 0 bridgehead atoms. The van der Waals surface area contributed by atoms with Crippen molar-refractivity contribution >= 4 is 23.3 Å². The largest absolute Gasteiger partial charge is 0.462 e. The number of ether oxygens (including phenoxy) is 1. The molecule has 0 fully saturated rings. The van der Waals surface area contributed by atoms with Gasteiger partial charge in [-0.3, -0.25) is 4.99 Å². The van der Waals surface area contributed by atoms with E-state index in [1.165, 1.54) is 22.5 Å². The fourth-order valence-electron chi connectivity index (χ4n) is 2.85. The summed E-state index contributed by atoms with van der Waals surface area (Å²) in [4.78, 5) is 23.6. The maximum atomic E-state index is 12.0. The van der Waals surface area contributed by atoms with E-state index in [1.54, 1.807) is 14.0 Å². The van der Waals surface area contributed by atoms with Crippen LogP contribution in [0.25, 0.3) is 0 Å². The average molecular weight is 418 g/mol. The first-order valence-electron chi connectivity index (χ1n) is 9.68. The summed E-state index contributed by atoms with van der Waals surface area (Å²) in [5.74, 6) is 0.364. The normalized spacial score (nSPS) is 12.7. The Hall–Kier alpha value is -2.45. The number of guanidine groups is 1. The topological polar surface area (TPSA) is 78.8 Å². The molecule has 1 unspecified atom stereocenters. The summed E-state index contributed by atoms with van der Waals surface area (Å²) in [6, 6.07) is 8.28. The van der Waals surface area contributed by atoms with Crippen LogP contribution in [0.5, 0.6) is 0 Å². The molecule has 1 aromatic carbocycles. The number of aromatic nitrogens is 1. The zero-order valence-electron chi connectivity index (χ0n) is 18.1. The third kappa shape index (κ3) is 6.54.